The molecule has 0 radical (unpaired) electrons. The summed E-state index contributed by atoms with van der Waals surface area (Å²) in [6.07, 6.45) is 0.512. The summed E-state index contributed by atoms with van der Waals surface area (Å²) in [6, 6.07) is 7.54. The molecule has 1 N–H and O–H groups in total. The maximum absolute atomic E-state index is 13.6. The van der Waals surface area contributed by atoms with E-state index in [0.29, 0.717) is 35.6 Å². The first-order valence-electron chi connectivity index (χ1n) is 10.6. The summed E-state index contributed by atoms with van der Waals surface area (Å²) in [6.45, 7) is 6.04. The predicted molar refractivity (Wildman–Crippen MR) is 128 cm³/mol. The van der Waals surface area contributed by atoms with E-state index in [0.717, 1.165) is 21.5 Å². The molecule has 32 heavy (non-hydrogen) atoms. The van der Waals surface area contributed by atoms with Gasteiger partial charge in [-0.15, -0.1) is 0 Å². The fourth-order valence-corrected chi connectivity index (χ4v) is 5.29. The second kappa shape index (κ2) is 10.7. The zero-order valence-corrected chi connectivity index (χ0v) is 21.1. The molecular formula is C24H28BrNO5S. The molecule has 8 heteroatoms. The van der Waals surface area contributed by atoms with Crippen LogP contribution in [0.5, 0.6) is 0 Å². The highest BCUT2D eigenvalue weighted by atomic mass is 79.9. The number of hydrogen-bond acceptors (Lipinski definition) is 7. The maximum atomic E-state index is 13.6. The molecule has 1 aliphatic heterocycles. The number of Topliss-reactive ketones (excluding diaryl/α,β-unsaturated/α-hetero) is 1. The van der Waals surface area contributed by atoms with E-state index in [-0.39, 0.29) is 11.7 Å². The third kappa shape index (κ3) is 4.96. The van der Waals surface area contributed by atoms with Crippen molar-refractivity contribution in [3.05, 3.63) is 56.8 Å². The SMILES string of the molecule is CCSCCOC(=O)C1=C(C)NC2=C(C(=O)[C@@H](C(=O)OC)[C@@H](C)C2)[C@@H]1c1cccc(Br)c1. The van der Waals surface area contributed by atoms with Crippen LogP contribution in [0.3, 0.4) is 0 Å². The Balaban J connectivity index is 2.07. The van der Waals surface area contributed by atoms with Gasteiger partial charge in [0, 0.05) is 33.1 Å². The van der Waals surface area contributed by atoms with E-state index in [1.165, 1.54) is 7.11 Å². The maximum Gasteiger partial charge on any atom is 0.336 e. The van der Waals surface area contributed by atoms with E-state index >= 15 is 0 Å². The summed E-state index contributed by atoms with van der Waals surface area (Å²) in [7, 11) is 1.29. The summed E-state index contributed by atoms with van der Waals surface area (Å²) in [4.78, 5) is 39.3. The lowest BCUT2D eigenvalue weighted by Crippen LogP contribution is -2.43. The molecule has 1 aromatic carbocycles. The molecule has 1 aromatic rings. The Morgan fingerprint density at radius 3 is 2.72 bits per heavy atom. The fraction of sp³-hybridized carbons (Fsp3) is 0.458. The number of ketones is 1. The Hall–Kier alpha value is -2.06. The van der Waals surface area contributed by atoms with E-state index < -0.39 is 23.8 Å². The summed E-state index contributed by atoms with van der Waals surface area (Å²) in [5.41, 5.74) is 3.04. The smallest absolute Gasteiger partial charge is 0.336 e. The third-order valence-electron chi connectivity index (χ3n) is 5.81. The number of methoxy groups -OCH3 is 1. The van der Waals surface area contributed by atoms with Crippen molar-refractivity contribution in [1.82, 2.24) is 5.32 Å². The molecule has 1 aliphatic carbocycles. The number of halogens is 1. The van der Waals surface area contributed by atoms with Crippen LogP contribution in [0.15, 0.2) is 51.3 Å². The lowest BCUT2D eigenvalue weighted by atomic mass is 9.69. The number of carbonyl (C=O) groups excluding carboxylic acids is 3. The first-order chi connectivity index (χ1) is 15.3. The highest BCUT2D eigenvalue weighted by Crippen LogP contribution is 2.45. The molecule has 0 saturated heterocycles. The number of carbonyl (C=O) groups is 3. The van der Waals surface area contributed by atoms with Crippen LogP contribution >= 0.6 is 27.7 Å². The number of allylic oxidation sites excluding steroid dienone is 3. The fourth-order valence-electron chi connectivity index (χ4n) is 4.39. The van der Waals surface area contributed by atoms with Crippen molar-refractivity contribution < 1.29 is 23.9 Å². The van der Waals surface area contributed by atoms with Crippen LogP contribution in [0, 0.1) is 11.8 Å². The Bertz CT molecular complexity index is 986. The van der Waals surface area contributed by atoms with Gasteiger partial charge < -0.3 is 14.8 Å². The lowest BCUT2D eigenvalue weighted by molar-refractivity contribution is -0.151. The Labute approximate surface area is 201 Å². The minimum atomic E-state index is -0.896. The molecule has 0 fully saturated rings. The van der Waals surface area contributed by atoms with E-state index in [1.807, 2.05) is 38.1 Å². The zero-order chi connectivity index (χ0) is 23.4. The van der Waals surface area contributed by atoms with Crippen molar-refractivity contribution in [1.29, 1.82) is 0 Å². The van der Waals surface area contributed by atoms with Crippen LogP contribution in [-0.4, -0.2) is 42.9 Å². The standard InChI is InChI=1S/C24H28BrNO5S/c1-5-32-10-9-31-24(29)19-14(3)26-17-11-13(2)18(23(28)30-4)22(27)21(17)20(19)15-7-6-8-16(25)12-15/h6-8,12-13,18,20,26H,5,9-11H2,1-4H3/t13-,18-,20+/m0/s1. The molecule has 0 amide bonds. The second-order valence-corrected chi connectivity index (χ2v) is 10.2. The predicted octanol–water partition coefficient (Wildman–Crippen LogP) is 4.36. The zero-order valence-electron chi connectivity index (χ0n) is 18.7. The third-order valence-corrected chi connectivity index (χ3v) is 7.17. The van der Waals surface area contributed by atoms with Gasteiger partial charge in [0.15, 0.2) is 5.78 Å². The quantitative estimate of drug-likeness (QED) is 0.324. The Morgan fingerprint density at radius 2 is 2.06 bits per heavy atom. The minimum absolute atomic E-state index is 0.211. The molecule has 2 aliphatic rings. The van der Waals surface area contributed by atoms with Gasteiger partial charge in [0.05, 0.1) is 12.7 Å². The number of esters is 2. The summed E-state index contributed by atoms with van der Waals surface area (Å²) >= 11 is 5.18. The number of hydrogen-bond donors (Lipinski definition) is 1. The minimum Gasteiger partial charge on any atom is -0.468 e. The van der Waals surface area contributed by atoms with Crippen molar-refractivity contribution in [2.24, 2.45) is 11.8 Å². The summed E-state index contributed by atoms with van der Waals surface area (Å²) in [5, 5.41) is 3.27. The van der Waals surface area contributed by atoms with Gasteiger partial charge in [-0.25, -0.2) is 4.79 Å². The number of ether oxygens (including phenoxy) is 2. The lowest BCUT2D eigenvalue weighted by Gasteiger charge is -2.38. The van der Waals surface area contributed by atoms with Gasteiger partial charge in [-0.05, 0) is 42.7 Å². The van der Waals surface area contributed by atoms with Crippen molar-refractivity contribution >= 4 is 45.4 Å². The van der Waals surface area contributed by atoms with E-state index in [4.69, 9.17) is 9.47 Å². The highest BCUT2D eigenvalue weighted by Gasteiger charge is 2.47. The van der Waals surface area contributed by atoms with Gasteiger partial charge in [0.25, 0.3) is 0 Å². The van der Waals surface area contributed by atoms with Gasteiger partial charge in [0.1, 0.15) is 12.5 Å². The molecule has 0 spiro atoms. The topological polar surface area (TPSA) is 81.7 Å². The van der Waals surface area contributed by atoms with Crippen molar-refractivity contribution in [3.63, 3.8) is 0 Å². The largest absolute Gasteiger partial charge is 0.468 e. The van der Waals surface area contributed by atoms with E-state index in [1.54, 1.807) is 11.8 Å². The monoisotopic (exact) mass is 521 g/mol. The summed E-state index contributed by atoms with van der Waals surface area (Å²) in [5.74, 6) is -1.39. The second-order valence-electron chi connectivity index (χ2n) is 7.92. The van der Waals surface area contributed by atoms with Crippen molar-refractivity contribution in [3.8, 4) is 0 Å². The normalized spacial score (nSPS) is 22.9. The molecule has 3 atom stereocenters. The highest BCUT2D eigenvalue weighted by molar-refractivity contribution is 9.10. The van der Waals surface area contributed by atoms with E-state index in [9.17, 15) is 14.4 Å². The average molecular weight is 522 g/mol. The van der Waals surface area contributed by atoms with Crippen LogP contribution < -0.4 is 5.32 Å². The molecule has 1 heterocycles. The average Bonchev–Trinajstić information content (AvgIpc) is 2.75. The number of thioether (sulfide) groups is 1. The first kappa shape index (κ1) is 24.6. The molecular weight excluding hydrogens is 494 g/mol. The Kier molecular flexibility index (Phi) is 8.22. The molecule has 0 bridgehead atoms. The van der Waals surface area contributed by atoms with Crippen molar-refractivity contribution in [2.75, 3.05) is 25.2 Å². The van der Waals surface area contributed by atoms with Crippen LogP contribution in [0.2, 0.25) is 0 Å². The number of nitrogens with one attached hydrogen (secondary N) is 1. The molecule has 0 saturated carbocycles. The van der Waals surface area contributed by atoms with Gasteiger partial charge in [-0.3, -0.25) is 9.59 Å². The number of rotatable bonds is 7. The Morgan fingerprint density at radius 1 is 1.31 bits per heavy atom. The summed E-state index contributed by atoms with van der Waals surface area (Å²) < 4.78 is 11.3. The molecule has 3 rings (SSSR count). The van der Waals surface area contributed by atoms with Gasteiger partial charge in [-0.2, -0.15) is 11.8 Å². The van der Waals surface area contributed by atoms with Gasteiger partial charge in [0.2, 0.25) is 0 Å². The van der Waals surface area contributed by atoms with Crippen LogP contribution in [0.25, 0.3) is 0 Å². The van der Waals surface area contributed by atoms with Crippen LogP contribution in [0.4, 0.5) is 0 Å². The van der Waals surface area contributed by atoms with E-state index in [2.05, 4.69) is 28.2 Å². The molecule has 172 valence electrons. The number of dihydropyridines is 1. The number of benzene rings is 1. The first-order valence-corrected chi connectivity index (χ1v) is 12.6. The molecule has 0 aromatic heterocycles. The van der Waals surface area contributed by atoms with Gasteiger partial charge >= 0.3 is 11.9 Å². The molecule has 6 nitrogen and oxygen atoms in total. The van der Waals surface area contributed by atoms with Crippen LogP contribution in [-0.2, 0) is 23.9 Å². The molecule has 0 unspecified atom stereocenters. The van der Waals surface area contributed by atoms with Gasteiger partial charge in [-0.1, -0.05) is 41.9 Å². The van der Waals surface area contributed by atoms with Crippen molar-refractivity contribution in [2.45, 2.75) is 33.1 Å². The van der Waals surface area contributed by atoms with Crippen LogP contribution in [0.1, 0.15) is 38.7 Å².